The molecule has 2 amide bonds. The van der Waals surface area contributed by atoms with Crippen molar-refractivity contribution in [2.75, 3.05) is 36.4 Å². The van der Waals surface area contributed by atoms with Gasteiger partial charge in [-0.1, -0.05) is 29.3 Å². The third kappa shape index (κ3) is 3.74. The Labute approximate surface area is 140 Å². The Morgan fingerprint density at radius 1 is 1.13 bits per heavy atom. The van der Waals surface area contributed by atoms with Crippen molar-refractivity contribution >= 4 is 29.1 Å². The second kappa shape index (κ2) is 6.87. The van der Waals surface area contributed by atoms with Crippen molar-refractivity contribution in [3.05, 3.63) is 53.2 Å². The summed E-state index contributed by atoms with van der Waals surface area (Å²) in [5.41, 5.74) is 1.99. The van der Waals surface area contributed by atoms with E-state index >= 15 is 0 Å². The van der Waals surface area contributed by atoms with Gasteiger partial charge in [-0.2, -0.15) is 0 Å². The molecule has 0 radical (unpaired) electrons. The van der Waals surface area contributed by atoms with E-state index in [1.807, 2.05) is 48.2 Å². The zero-order valence-electron chi connectivity index (χ0n) is 13.0. The van der Waals surface area contributed by atoms with E-state index in [-0.39, 0.29) is 6.03 Å². The summed E-state index contributed by atoms with van der Waals surface area (Å²) in [5, 5.41) is 3.58. The third-order valence-electron chi connectivity index (χ3n) is 3.91. The molecule has 120 valence electrons. The second-order valence-corrected chi connectivity index (χ2v) is 5.99. The van der Waals surface area contributed by atoms with E-state index in [1.165, 1.54) is 5.56 Å². The largest absolute Gasteiger partial charge is 0.352 e. The molecule has 1 aromatic heterocycles. The Hall–Kier alpha value is -2.27. The van der Waals surface area contributed by atoms with Crippen LogP contribution in [0.25, 0.3) is 0 Å². The zero-order valence-corrected chi connectivity index (χ0v) is 13.8. The number of carbonyl (C=O) groups excluding carboxylic acids is 1. The molecule has 0 spiro atoms. The van der Waals surface area contributed by atoms with Crippen LogP contribution in [0.5, 0.6) is 0 Å². The van der Waals surface area contributed by atoms with Crippen molar-refractivity contribution in [2.45, 2.75) is 6.92 Å². The maximum Gasteiger partial charge on any atom is 0.321 e. The highest BCUT2D eigenvalue weighted by Gasteiger charge is 2.23. The molecule has 0 saturated carbocycles. The first-order valence-electron chi connectivity index (χ1n) is 7.61. The molecule has 3 rings (SSSR count). The van der Waals surface area contributed by atoms with Crippen LogP contribution < -0.4 is 10.2 Å². The molecular weight excluding hydrogens is 312 g/mol. The summed E-state index contributed by atoms with van der Waals surface area (Å²) in [6.07, 6.45) is 1.73. The molecule has 5 nitrogen and oxygen atoms in total. The molecule has 0 aliphatic carbocycles. The van der Waals surface area contributed by atoms with Gasteiger partial charge < -0.3 is 15.1 Å². The lowest BCUT2D eigenvalue weighted by molar-refractivity contribution is 0.208. The Balaban J connectivity index is 1.57. The molecule has 1 aliphatic rings. The Bertz CT molecular complexity index is 681. The van der Waals surface area contributed by atoms with E-state index in [0.29, 0.717) is 18.1 Å². The molecule has 0 atom stereocenters. The smallest absolute Gasteiger partial charge is 0.321 e. The van der Waals surface area contributed by atoms with Gasteiger partial charge in [-0.3, -0.25) is 0 Å². The molecule has 1 aliphatic heterocycles. The molecule has 2 heterocycles. The Morgan fingerprint density at radius 2 is 1.83 bits per heavy atom. The van der Waals surface area contributed by atoms with E-state index < -0.39 is 0 Å². The quantitative estimate of drug-likeness (QED) is 0.918. The molecule has 0 unspecified atom stereocenters. The lowest BCUT2D eigenvalue weighted by Crippen LogP contribution is -2.50. The molecular formula is C17H19ClN4O. The lowest BCUT2D eigenvalue weighted by atomic mass is 10.2. The monoisotopic (exact) mass is 330 g/mol. The van der Waals surface area contributed by atoms with Gasteiger partial charge in [0, 0.05) is 38.1 Å². The van der Waals surface area contributed by atoms with Gasteiger partial charge in [-0.05, 0) is 31.2 Å². The number of urea groups is 1. The van der Waals surface area contributed by atoms with Crippen molar-refractivity contribution in [2.24, 2.45) is 0 Å². The normalized spacial score (nSPS) is 14.7. The highest BCUT2D eigenvalue weighted by Crippen LogP contribution is 2.23. The van der Waals surface area contributed by atoms with Crippen LogP contribution in [0.15, 0.2) is 42.6 Å². The number of piperazine rings is 1. The molecule has 1 N–H and O–H groups in total. The molecule has 23 heavy (non-hydrogen) atoms. The number of halogens is 1. The number of aromatic nitrogens is 1. The SMILES string of the molecule is Cc1ccc(NC(=O)N2CCN(c3ncccc3Cl)CC2)cc1. The average molecular weight is 331 g/mol. The predicted octanol–water partition coefficient (Wildman–Crippen LogP) is 3.40. The number of nitrogens with one attached hydrogen (secondary N) is 1. The number of rotatable bonds is 2. The number of amides is 2. The van der Waals surface area contributed by atoms with Crippen LogP contribution in [0.2, 0.25) is 5.02 Å². The van der Waals surface area contributed by atoms with Gasteiger partial charge >= 0.3 is 6.03 Å². The van der Waals surface area contributed by atoms with Crippen LogP contribution >= 0.6 is 11.6 Å². The number of nitrogens with zero attached hydrogens (tertiary/aromatic N) is 3. The first-order chi connectivity index (χ1) is 11.1. The summed E-state index contributed by atoms with van der Waals surface area (Å²) in [4.78, 5) is 20.6. The molecule has 6 heteroatoms. The maximum absolute atomic E-state index is 12.3. The minimum absolute atomic E-state index is 0.0689. The molecule has 1 aromatic carbocycles. The van der Waals surface area contributed by atoms with E-state index in [4.69, 9.17) is 11.6 Å². The third-order valence-corrected chi connectivity index (χ3v) is 4.20. The first-order valence-corrected chi connectivity index (χ1v) is 7.99. The number of carbonyl (C=O) groups is 1. The van der Waals surface area contributed by atoms with E-state index in [1.54, 1.807) is 6.20 Å². The summed E-state index contributed by atoms with van der Waals surface area (Å²) >= 11 is 6.18. The second-order valence-electron chi connectivity index (χ2n) is 5.58. The van der Waals surface area contributed by atoms with Crippen LogP contribution in [0, 0.1) is 6.92 Å². The van der Waals surface area contributed by atoms with Gasteiger partial charge in [-0.15, -0.1) is 0 Å². The fourth-order valence-corrected chi connectivity index (χ4v) is 2.81. The van der Waals surface area contributed by atoms with Crippen LogP contribution in [0.1, 0.15) is 5.56 Å². The number of anilines is 2. The first kappa shape index (κ1) is 15.6. The summed E-state index contributed by atoms with van der Waals surface area (Å²) in [5.74, 6) is 0.785. The van der Waals surface area contributed by atoms with Gasteiger partial charge in [0.05, 0.1) is 5.02 Å². The van der Waals surface area contributed by atoms with Crippen molar-refractivity contribution in [1.82, 2.24) is 9.88 Å². The number of hydrogen-bond donors (Lipinski definition) is 1. The number of aryl methyl sites for hydroxylation is 1. The number of hydrogen-bond acceptors (Lipinski definition) is 3. The number of pyridine rings is 1. The van der Waals surface area contributed by atoms with Crippen LogP contribution in [0.3, 0.4) is 0 Å². The van der Waals surface area contributed by atoms with Gasteiger partial charge in [0.15, 0.2) is 0 Å². The Kier molecular flexibility index (Phi) is 4.67. The molecule has 2 aromatic rings. The van der Waals surface area contributed by atoms with Gasteiger partial charge in [0.2, 0.25) is 0 Å². The topological polar surface area (TPSA) is 48.5 Å². The van der Waals surface area contributed by atoms with Gasteiger partial charge in [0.1, 0.15) is 5.82 Å². The number of benzene rings is 1. The molecule has 1 fully saturated rings. The minimum atomic E-state index is -0.0689. The summed E-state index contributed by atoms with van der Waals surface area (Å²) in [6, 6.07) is 11.4. The predicted molar refractivity (Wildman–Crippen MR) is 93.2 cm³/mol. The average Bonchev–Trinajstić information content (AvgIpc) is 2.57. The van der Waals surface area contributed by atoms with Crippen molar-refractivity contribution in [1.29, 1.82) is 0 Å². The molecule has 0 bridgehead atoms. The van der Waals surface area contributed by atoms with Gasteiger partial charge in [0.25, 0.3) is 0 Å². The zero-order chi connectivity index (χ0) is 16.2. The highest BCUT2D eigenvalue weighted by atomic mass is 35.5. The highest BCUT2D eigenvalue weighted by molar-refractivity contribution is 6.32. The van der Waals surface area contributed by atoms with E-state index in [9.17, 15) is 4.79 Å². The fourth-order valence-electron chi connectivity index (χ4n) is 2.57. The standard InChI is InChI=1S/C17H19ClN4O/c1-13-4-6-14(7-5-13)20-17(23)22-11-9-21(10-12-22)16-15(18)3-2-8-19-16/h2-8H,9-12H2,1H3,(H,20,23). The van der Waals surface area contributed by atoms with E-state index in [2.05, 4.69) is 15.2 Å². The lowest BCUT2D eigenvalue weighted by Gasteiger charge is -2.35. The summed E-state index contributed by atoms with van der Waals surface area (Å²) in [6.45, 7) is 4.75. The van der Waals surface area contributed by atoms with Crippen molar-refractivity contribution in [3.63, 3.8) is 0 Å². The van der Waals surface area contributed by atoms with Crippen LogP contribution in [-0.2, 0) is 0 Å². The summed E-state index contributed by atoms with van der Waals surface area (Å²) in [7, 11) is 0. The van der Waals surface area contributed by atoms with Gasteiger partial charge in [-0.25, -0.2) is 9.78 Å². The fraction of sp³-hybridized carbons (Fsp3) is 0.294. The van der Waals surface area contributed by atoms with Crippen molar-refractivity contribution in [3.8, 4) is 0 Å². The molecule has 1 saturated heterocycles. The van der Waals surface area contributed by atoms with Crippen LogP contribution in [-0.4, -0.2) is 42.1 Å². The summed E-state index contributed by atoms with van der Waals surface area (Å²) < 4.78 is 0. The van der Waals surface area contributed by atoms with Crippen molar-refractivity contribution < 1.29 is 4.79 Å². The van der Waals surface area contributed by atoms with Crippen LogP contribution in [0.4, 0.5) is 16.3 Å². The maximum atomic E-state index is 12.3. The minimum Gasteiger partial charge on any atom is -0.352 e. The Morgan fingerprint density at radius 3 is 2.48 bits per heavy atom. The van der Waals surface area contributed by atoms with E-state index in [0.717, 1.165) is 24.6 Å².